The maximum atomic E-state index is 11.9. The Morgan fingerprint density at radius 2 is 2.28 bits per heavy atom. The third kappa shape index (κ3) is 2.42. The third-order valence-electron chi connectivity index (χ3n) is 2.94. The second kappa shape index (κ2) is 5.03. The first-order valence-corrected chi connectivity index (χ1v) is 5.94. The molecule has 1 amide bonds. The molecule has 0 fully saturated rings. The van der Waals surface area contributed by atoms with E-state index in [9.17, 15) is 4.79 Å². The van der Waals surface area contributed by atoms with Crippen LogP contribution >= 0.6 is 0 Å². The van der Waals surface area contributed by atoms with Crippen molar-refractivity contribution >= 4 is 11.7 Å². The van der Waals surface area contributed by atoms with Crippen molar-refractivity contribution in [2.75, 3.05) is 5.32 Å². The Kier molecular flexibility index (Phi) is 3.45. The molecule has 96 valence electrons. The fraction of sp³-hybridized carbons (Fsp3) is 0.417. The first-order valence-electron chi connectivity index (χ1n) is 5.94. The SMILES string of the molecule is CCn1nc(C)c(CC(=O)Nc2ccn[nH]2)c1C. The molecule has 2 heterocycles. The minimum atomic E-state index is -0.0684. The molecule has 0 aliphatic rings. The third-order valence-corrected chi connectivity index (χ3v) is 2.94. The molecular formula is C12H17N5O. The molecule has 18 heavy (non-hydrogen) atoms. The monoisotopic (exact) mass is 247 g/mol. The molecule has 0 atom stereocenters. The van der Waals surface area contributed by atoms with Crippen LogP contribution in [0.1, 0.15) is 23.9 Å². The lowest BCUT2D eigenvalue weighted by atomic mass is 10.1. The molecule has 0 spiro atoms. The lowest BCUT2D eigenvalue weighted by molar-refractivity contribution is -0.115. The van der Waals surface area contributed by atoms with Crippen molar-refractivity contribution in [3.8, 4) is 0 Å². The normalized spacial score (nSPS) is 10.6. The van der Waals surface area contributed by atoms with Gasteiger partial charge < -0.3 is 5.32 Å². The number of rotatable bonds is 4. The molecule has 0 aliphatic carbocycles. The Hall–Kier alpha value is -2.11. The van der Waals surface area contributed by atoms with Crippen LogP contribution in [0.4, 0.5) is 5.82 Å². The number of aromatic amines is 1. The Balaban J connectivity index is 2.09. The van der Waals surface area contributed by atoms with Crippen LogP contribution in [-0.4, -0.2) is 25.9 Å². The molecule has 0 radical (unpaired) electrons. The Bertz CT molecular complexity index is 541. The van der Waals surface area contributed by atoms with Crippen LogP contribution in [0.5, 0.6) is 0 Å². The van der Waals surface area contributed by atoms with Gasteiger partial charge in [0.25, 0.3) is 0 Å². The number of carbonyl (C=O) groups excluding carboxylic acids is 1. The number of nitrogens with one attached hydrogen (secondary N) is 2. The summed E-state index contributed by atoms with van der Waals surface area (Å²) in [4.78, 5) is 11.9. The molecule has 0 aromatic carbocycles. The summed E-state index contributed by atoms with van der Waals surface area (Å²) in [5.41, 5.74) is 2.96. The molecule has 2 aromatic heterocycles. The minimum absolute atomic E-state index is 0.0684. The highest BCUT2D eigenvalue weighted by Crippen LogP contribution is 2.14. The van der Waals surface area contributed by atoms with Crippen LogP contribution < -0.4 is 5.32 Å². The summed E-state index contributed by atoms with van der Waals surface area (Å²) in [6, 6.07) is 1.72. The fourth-order valence-electron chi connectivity index (χ4n) is 1.98. The molecule has 0 aliphatic heterocycles. The van der Waals surface area contributed by atoms with Crippen LogP contribution in [0.3, 0.4) is 0 Å². The van der Waals surface area contributed by atoms with E-state index in [1.54, 1.807) is 12.3 Å². The van der Waals surface area contributed by atoms with Gasteiger partial charge in [-0.3, -0.25) is 14.6 Å². The lowest BCUT2D eigenvalue weighted by Crippen LogP contribution is -2.15. The summed E-state index contributed by atoms with van der Waals surface area (Å²) >= 11 is 0. The van der Waals surface area contributed by atoms with Crippen LogP contribution in [0.15, 0.2) is 12.3 Å². The van der Waals surface area contributed by atoms with Gasteiger partial charge in [-0.1, -0.05) is 0 Å². The molecule has 0 unspecified atom stereocenters. The Morgan fingerprint density at radius 3 is 2.83 bits per heavy atom. The predicted molar refractivity (Wildman–Crippen MR) is 68.3 cm³/mol. The Labute approximate surface area is 105 Å². The summed E-state index contributed by atoms with van der Waals surface area (Å²) in [5, 5.41) is 13.6. The molecule has 6 nitrogen and oxygen atoms in total. The smallest absolute Gasteiger partial charge is 0.230 e. The molecule has 2 rings (SSSR count). The zero-order chi connectivity index (χ0) is 13.1. The van der Waals surface area contributed by atoms with Crippen molar-refractivity contribution in [1.29, 1.82) is 0 Å². The second-order valence-corrected chi connectivity index (χ2v) is 4.16. The molecule has 0 saturated heterocycles. The van der Waals surface area contributed by atoms with Gasteiger partial charge in [-0.05, 0) is 20.8 Å². The number of hydrogen-bond acceptors (Lipinski definition) is 3. The van der Waals surface area contributed by atoms with E-state index in [4.69, 9.17) is 0 Å². The number of amides is 1. The van der Waals surface area contributed by atoms with Gasteiger partial charge >= 0.3 is 0 Å². The summed E-state index contributed by atoms with van der Waals surface area (Å²) in [6.07, 6.45) is 1.93. The maximum Gasteiger partial charge on any atom is 0.230 e. The predicted octanol–water partition coefficient (Wildman–Crippen LogP) is 1.42. The highest BCUT2D eigenvalue weighted by Gasteiger charge is 2.14. The number of H-pyrrole nitrogens is 1. The van der Waals surface area contributed by atoms with E-state index in [2.05, 4.69) is 20.6 Å². The summed E-state index contributed by atoms with van der Waals surface area (Å²) in [5.74, 6) is 0.541. The van der Waals surface area contributed by atoms with Crippen LogP contribution in [0, 0.1) is 13.8 Å². The topological polar surface area (TPSA) is 75.6 Å². The zero-order valence-corrected chi connectivity index (χ0v) is 10.8. The highest BCUT2D eigenvalue weighted by atomic mass is 16.1. The van der Waals surface area contributed by atoms with E-state index >= 15 is 0 Å². The standard InChI is InChI=1S/C12H17N5O/c1-4-17-9(3)10(8(2)16-17)7-12(18)14-11-5-6-13-15-11/h5-6H,4,7H2,1-3H3,(H2,13,14,15,18). The fourth-order valence-corrected chi connectivity index (χ4v) is 1.98. The van der Waals surface area contributed by atoms with E-state index in [0.717, 1.165) is 23.5 Å². The highest BCUT2D eigenvalue weighted by molar-refractivity contribution is 5.91. The number of anilines is 1. The van der Waals surface area contributed by atoms with Crippen molar-refractivity contribution in [2.24, 2.45) is 0 Å². The first-order chi connectivity index (χ1) is 8.61. The number of hydrogen-bond donors (Lipinski definition) is 2. The lowest BCUT2D eigenvalue weighted by Gasteiger charge is -2.04. The van der Waals surface area contributed by atoms with Crippen LogP contribution in [-0.2, 0) is 17.8 Å². The van der Waals surface area contributed by atoms with E-state index in [1.807, 2.05) is 25.5 Å². The molecule has 2 aromatic rings. The van der Waals surface area contributed by atoms with Gasteiger partial charge in [-0.15, -0.1) is 0 Å². The molecular weight excluding hydrogens is 230 g/mol. The van der Waals surface area contributed by atoms with Crippen molar-refractivity contribution in [1.82, 2.24) is 20.0 Å². The summed E-state index contributed by atoms with van der Waals surface area (Å²) in [6.45, 7) is 6.77. The van der Waals surface area contributed by atoms with Gasteiger partial charge in [-0.2, -0.15) is 10.2 Å². The van der Waals surface area contributed by atoms with Gasteiger partial charge in [0.2, 0.25) is 5.91 Å². The van der Waals surface area contributed by atoms with Crippen LogP contribution in [0.2, 0.25) is 0 Å². The molecule has 0 bridgehead atoms. The van der Waals surface area contributed by atoms with Crippen molar-refractivity contribution < 1.29 is 4.79 Å². The van der Waals surface area contributed by atoms with E-state index in [1.165, 1.54) is 0 Å². The Morgan fingerprint density at radius 1 is 1.50 bits per heavy atom. The van der Waals surface area contributed by atoms with Gasteiger partial charge in [0.05, 0.1) is 18.3 Å². The van der Waals surface area contributed by atoms with E-state index < -0.39 is 0 Å². The molecule has 2 N–H and O–H groups in total. The average molecular weight is 247 g/mol. The maximum absolute atomic E-state index is 11.9. The van der Waals surface area contributed by atoms with Gasteiger partial charge in [0.1, 0.15) is 5.82 Å². The largest absolute Gasteiger partial charge is 0.311 e. The zero-order valence-electron chi connectivity index (χ0n) is 10.8. The molecule has 6 heteroatoms. The summed E-state index contributed by atoms with van der Waals surface area (Å²) < 4.78 is 1.91. The first kappa shape index (κ1) is 12.3. The van der Waals surface area contributed by atoms with Crippen molar-refractivity contribution in [3.05, 3.63) is 29.2 Å². The number of nitrogens with zero attached hydrogens (tertiary/aromatic N) is 3. The number of carbonyl (C=O) groups is 1. The number of aromatic nitrogens is 4. The van der Waals surface area contributed by atoms with Crippen LogP contribution in [0.25, 0.3) is 0 Å². The molecule has 0 saturated carbocycles. The van der Waals surface area contributed by atoms with Crippen molar-refractivity contribution in [3.63, 3.8) is 0 Å². The quantitative estimate of drug-likeness (QED) is 0.858. The summed E-state index contributed by atoms with van der Waals surface area (Å²) in [7, 11) is 0. The van der Waals surface area contributed by atoms with Gasteiger partial charge in [0.15, 0.2) is 0 Å². The van der Waals surface area contributed by atoms with Gasteiger partial charge in [0, 0.05) is 23.9 Å². The van der Waals surface area contributed by atoms with E-state index in [0.29, 0.717) is 12.2 Å². The average Bonchev–Trinajstić information content (AvgIpc) is 2.92. The minimum Gasteiger partial charge on any atom is -0.311 e. The second-order valence-electron chi connectivity index (χ2n) is 4.16. The number of aryl methyl sites for hydroxylation is 2. The van der Waals surface area contributed by atoms with Crippen molar-refractivity contribution in [2.45, 2.75) is 33.7 Å². The van der Waals surface area contributed by atoms with Gasteiger partial charge in [-0.25, -0.2) is 0 Å². The van der Waals surface area contributed by atoms with E-state index in [-0.39, 0.29) is 5.91 Å².